The molecule has 8 heteroatoms. The first-order valence-corrected chi connectivity index (χ1v) is 10.9. The Balaban J connectivity index is 1.60. The molecule has 0 bridgehead atoms. The van der Waals surface area contributed by atoms with Crippen LogP contribution in [0.15, 0.2) is 80.8 Å². The summed E-state index contributed by atoms with van der Waals surface area (Å²) in [6.07, 6.45) is 1.51. The van der Waals surface area contributed by atoms with Gasteiger partial charge in [0.2, 0.25) is 0 Å². The van der Waals surface area contributed by atoms with E-state index in [2.05, 4.69) is 42.4 Å². The van der Waals surface area contributed by atoms with Gasteiger partial charge < -0.3 is 14.2 Å². The van der Waals surface area contributed by atoms with E-state index in [1.54, 1.807) is 37.4 Å². The molecule has 0 saturated heterocycles. The summed E-state index contributed by atoms with van der Waals surface area (Å²) in [4.78, 5) is 12.0. The summed E-state index contributed by atoms with van der Waals surface area (Å²) in [6, 6.07) is 20.5. The SMILES string of the molecule is COc1ccc(OCc2cccc(Br)c2)c(/C=N\NC(=O)COc2cccc(Br)c2)c1. The zero-order valence-electron chi connectivity index (χ0n) is 16.7. The fraction of sp³-hybridized carbons (Fsp3) is 0.130. The fourth-order valence-electron chi connectivity index (χ4n) is 2.59. The summed E-state index contributed by atoms with van der Waals surface area (Å²) in [7, 11) is 1.58. The van der Waals surface area contributed by atoms with E-state index < -0.39 is 0 Å². The van der Waals surface area contributed by atoms with E-state index in [0.29, 0.717) is 29.4 Å². The molecule has 0 heterocycles. The van der Waals surface area contributed by atoms with Crippen LogP contribution in [-0.4, -0.2) is 25.8 Å². The van der Waals surface area contributed by atoms with Gasteiger partial charge in [-0.1, -0.05) is 50.1 Å². The number of benzene rings is 3. The highest BCUT2D eigenvalue weighted by Gasteiger charge is 2.06. The maximum Gasteiger partial charge on any atom is 0.277 e. The number of hydrogen-bond acceptors (Lipinski definition) is 5. The molecule has 1 N–H and O–H groups in total. The van der Waals surface area contributed by atoms with Gasteiger partial charge in [0.1, 0.15) is 23.9 Å². The Hall–Kier alpha value is -2.84. The highest BCUT2D eigenvalue weighted by atomic mass is 79.9. The lowest BCUT2D eigenvalue weighted by Gasteiger charge is -2.11. The number of halogens is 2. The van der Waals surface area contributed by atoms with Gasteiger partial charge in [0.05, 0.1) is 13.3 Å². The minimum absolute atomic E-state index is 0.155. The van der Waals surface area contributed by atoms with E-state index in [1.165, 1.54) is 6.21 Å². The van der Waals surface area contributed by atoms with Crippen LogP contribution in [-0.2, 0) is 11.4 Å². The van der Waals surface area contributed by atoms with Crippen LogP contribution in [0.5, 0.6) is 17.2 Å². The van der Waals surface area contributed by atoms with Crippen molar-refractivity contribution in [1.82, 2.24) is 5.43 Å². The number of hydrazone groups is 1. The van der Waals surface area contributed by atoms with E-state index in [4.69, 9.17) is 14.2 Å². The highest BCUT2D eigenvalue weighted by molar-refractivity contribution is 9.10. The summed E-state index contributed by atoms with van der Waals surface area (Å²) in [5.74, 6) is 1.48. The number of nitrogens with one attached hydrogen (secondary N) is 1. The van der Waals surface area contributed by atoms with Crippen LogP contribution in [0.1, 0.15) is 11.1 Å². The van der Waals surface area contributed by atoms with Gasteiger partial charge in [-0.15, -0.1) is 0 Å². The van der Waals surface area contributed by atoms with E-state index in [1.807, 2.05) is 36.4 Å². The molecule has 3 aromatic rings. The van der Waals surface area contributed by atoms with Crippen LogP contribution >= 0.6 is 31.9 Å². The lowest BCUT2D eigenvalue weighted by atomic mass is 10.2. The number of hydrogen-bond donors (Lipinski definition) is 1. The molecular weight excluding hydrogens is 528 g/mol. The second-order valence-corrected chi connectivity index (χ2v) is 8.19. The van der Waals surface area contributed by atoms with E-state index in [-0.39, 0.29) is 12.5 Å². The largest absolute Gasteiger partial charge is 0.497 e. The van der Waals surface area contributed by atoms with Crippen molar-refractivity contribution in [3.8, 4) is 17.2 Å². The first kappa shape index (κ1) is 22.8. The third-order valence-electron chi connectivity index (χ3n) is 4.06. The maximum atomic E-state index is 12.0. The summed E-state index contributed by atoms with van der Waals surface area (Å²) >= 11 is 6.81. The molecule has 6 nitrogen and oxygen atoms in total. The number of rotatable bonds is 9. The number of nitrogens with zero attached hydrogens (tertiary/aromatic N) is 1. The van der Waals surface area contributed by atoms with Crippen LogP contribution < -0.4 is 19.6 Å². The van der Waals surface area contributed by atoms with Gasteiger partial charge >= 0.3 is 0 Å². The molecule has 3 rings (SSSR count). The van der Waals surface area contributed by atoms with Gasteiger partial charge in [-0.2, -0.15) is 5.10 Å². The van der Waals surface area contributed by atoms with Crippen LogP contribution in [0.3, 0.4) is 0 Å². The quantitative estimate of drug-likeness (QED) is 0.290. The molecule has 3 aromatic carbocycles. The lowest BCUT2D eigenvalue weighted by molar-refractivity contribution is -0.123. The van der Waals surface area contributed by atoms with Crippen molar-refractivity contribution in [2.75, 3.05) is 13.7 Å². The molecule has 0 unspecified atom stereocenters. The van der Waals surface area contributed by atoms with Crippen LogP contribution in [0, 0.1) is 0 Å². The van der Waals surface area contributed by atoms with E-state index >= 15 is 0 Å². The van der Waals surface area contributed by atoms with Gasteiger partial charge in [-0.25, -0.2) is 5.43 Å². The normalized spacial score (nSPS) is 10.7. The predicted octanol–water partition coefficient (Wildman–Crippen LogP) is 5.33. The molecule has 0 aromatic heterocycles. The summed E-state index contributed by atoms with van der Waals surface area (Å²) in [5, 5.41) is 4.02. The van der Waals surface area contributed by atoms with Gasteiger partial charge in [0.25, 0.3) is 5.91 Å². The standard InChI is InChI=1S/C23H20Br2N2O4/c1-29-20-8-9-22(31-14-16-4-2-5-18(24)10-16)17(11-20)13-26-27-23(28)15-30-21-7-3-6-19(25)12-21/h2-13H,14-15H2,1H3,(H,27,28)/b26-13-. The number of methoxy groups -OCH3 is 1. The summed E-state index contributed by atoms with van der Waals surface area (Å²) in [5.41, 5.74) is 4.14. The Kier molecular flexibility index (Phi) is 8.49. The molecule has 0 atom stereocenters. The number of amides is 1. The maximum absolute atomic E-state index is 12.0. The second-order valence-electron chi connectivity index (χ2n) is 6.36. The Bertz CT molecular complexity index is 1070. The molecule has 0 saturated carbocycles. The molecule has 0 fully saturated rings. The first-order chi connectivity index (χ1) is 15.0. The molecular formula is C23H20Br2N2O4. The predicted molar refractivity (Wildman–Crippen MR) is 127 cm³/mol. The molecule has 0 aliphatic carbocycles. The highest BCUT2D eigenvalue weighted by Crippen LogP contribution is 2.24. The first-order valence-electron chi connectivity index (χ1n) is 9.29. The molecule has 1 amide bonds. The van der Waals surface area contributed by atoms with Crippen LogP contribution in [0.25, 0.3) is 0 Å². The van der Waals surface area contributed by atoms with Crippen molar-refractivity contribution in [1.29, 1.82) is 0 Å². The summed E-state index contributed by atoms with van der Waals surface area (Å²) in [6.45, 7) is 0.234. The Morgan fingerprint density at radius 2 is 1.74 bits per heavy atom. The average molecular weight is 548 g/mol. The van der Waals surface area contributed by atoms with Gasteiger partial charge in [0.15, 0.2) is 6.61 Å². The van der Waals surface area contributed by atoms with Gasteiger partial charge in [-0.05, 0) is 54.1 Å². The lowest BCUT2D eigenvalue weighted by Crippen LogP contribution is -2.24. The van der Waals surface area contributed by atoms with Gasteiger partial charge in [-0.3, -0.25) is 4.79 Å². The Morgan fingerprint density at radius 3 is 2.48 bits per heavy atom. The Labute approximate surface area is 197 Å². The fourth-order valence-corrected chi connectivity index (χ4v) is 3.41. The third-order valence-corrected chi connectivity index (χ3v) is 5.05. The monoisotopic (exact) mass is 546 g/mol. The van der Waals surface area contributed by atoms with Crippen LogP contribution in [0.2, 0.25) is 0 Å². The molecule has 0 spiro atoms. The summed E-state index contributed by atoms with van der Waals surface area (Å²) < 4.78 is 18.5. The molecule has 0 aliphatic rings. The minimum atomic E-state index is -0.379. The zero-order chi connectivity index (χ0) is 22.1. The smallest absolute Gasteiger partial charge is 0.277 e. The topological polar surface area (TPSA) is 69.2 Å². The van der Waals surface area contributed by atoms with Crippen molar-refractivity contribution in [2.45, 2.75) is 6.61 Å². The average Bonchev–Trinajstić information content (AvgIpc) is 2.77. The number of carbonyl (C=O) groups is 1. The third kappa shape index (κ3) is 7.41. The Morgan fingerprint density at radius 1 is 0.968 bits per heavy atom. The zero-order valence-corrected chi connectivity index (χ0v) is 19.9. The molecule has 0 aliphatic heterocycles. The minimum Gasteiger partial charge on any atom is -0.497 e. The molecule has 0 radical (unpaired) electrons. The molecule has 160 valence electrons. The molecule has 31 heavy (non-hydrogen) atoms. The van der Waals surface area contributed by atoms with Crippen molar-refractivity contribution in [2.24, 2.45) is 5.10 Å². The van der Waals surface area contributed by atoms with Crippen molar-refractivity contribution in [3.63, 3.8) is 0 Å². The number of ether oxygens (including phenoxy) is 3. The van der Waals surface area contributed by atoms with Gasteiger partial charge in [0, 0.05) is 14.5 Å². The van der Waals surface area contributed by atoms with Crippen LogP contribution in [0.4, 0.5) is 0 Å². The van der Waals surface area contributed by atoms with Crippen molar-refractivity contribution < 1.29 is 19.0 Å². The number of carbonyl (C=O) groups excluding carboxylic acids is 1. The van der Waals surface area contributed by atoms with E-state index in [0.717, 1.165) is 14.5 Å². The van der Waals surface area contributed by atoms with Crippen molar-refractivity contribution in [3.05, 3.63) is 86.8 Å². The van der Waals surface area contributed by atoms with E-state index in [9.17, 15) is 4.79 Å². The second kappa shape index (κ2) is 11.5. The van der Waals surface area contributed by atoms with Crippen molar-refractivity contribution >= 4 is 44.0 Å².